The van der Waals surface area contributed by atoms with Crippen molar-refractivity contribution in [1.82, 2.24) is 30.1 Å². The zero-order valence-corrected chi connectivity index (χ0v) is 33.3. The number of amides is 2. The van der Waals surface area contributed by atoms with E-state index in [2.05, 4.69) is 30.4 Å². The van der Waals surface area contributed by atoms with Crippen LogP contribution in [0.5, 0.6) is 5.75 Å². The van der Waals surface area contributed by atoms with Gasteiger partial charge in [-0.25, -0.2) is 27.6 Å². The van der Waals surface area contributed by atoms with E-state index in [4.69, 9.17) is 33.7 Å². The number of carboxylic acid groups (broad SMARTS) is 1. The molecule has 0 fully saturated rings. The molecule has 1 aliphatic heterocycles. The van der Waals surface area contributed by atoms with E-state index < -0.39 is 45.5 Å². The summed E-state index contributed by atoms with van der Waals surface area (Å²) < 4.78 is 37.0. The lowest BCUT2D eigenvalue weighted by molar-refractivity contribution is -0.142. The molecule has 2 atom stereocenters. The summed E-state index contributed by atoms with van der Waals surface area (Å²) in [5.74, 6) is -2.40. The van der Waals surface area contributed by atoms with Crippen molar-refractivity contribution in [1.29, 1.82) is 0 Å². The largest absolute Gasteiger partial charge is 0.487 e. The Labute approximate surface area is 319 Å². The van der Waals surface area contributed by atoms with Crippen LogP contribution in [0.1, 0.15) is 85.7 Å². The van der Waals surface area contributed by atoms with Crippen LogP contribution in [0.3, 0.4) is 0 Å². The van der Waals surface area contributed by atoms with Crippen LogP contribution in [0.2, 0.25) is 10.0 Å². The van der Waals surface area contributed by atoms with E-state index in [0.29, 0.717) is 44.9 Å². The third-order valence-electron chi connectivity index (χ3n) is 8.74. The average molecular weight is 794 g/mol. The molecule has 6 N–H and O–H groups in total. The highest BCUT2D eigenvalue weighted by molar-refractivity contribution is 7.90. The molecule has 15 nitrogen and oxygen atoms in total. The van der Waals surface area contributed by atoms with E-state index in [-0.39, 0.29) is 48.4 Å². The third-order valence-corrected chi connectivity index (χ3v) is 10.8. The van der Waals surface area contributed by atoms with Gasteiger partial charge in [-0.1, -0.05) is 37.0 Å². The molecule has 0 saturated heterocycles. The van der Waals surface area contributed by atoms with Gasteiger partial charge in [0.15, 0.2) is 0 Å². The van der Waals surface area contributed by atoms with Crippen molar-refractivity contribution in [2.75, 3.05) is 6.54 Å². The summed E-state index contributed by atoms with van der Waals surface area (Å²) in [4.78, 5) is 47.2. The molecule has 0 radical (unpaired) electrons. The molecule has 2 heterocycles. The van der Waals surface area contributed by atoms with Crippen molar-refractivity contribution in [2.45, 2.75) is 104 Å². The molecule has 2 amide bonds. The SMILES string of the molecule is Cc1c(C)c(S(=O)(=O)NC(N)=NCCC[C@H](NC(=O)c2nc(C)n(-c3cc(Cl)cc(Cl)c3)n2)C(=O)NC(CC(C)C)C(=O)O)c(C)c2c1OC(C)(C)C2. The average Bonchev–Trinajstić information content (AvgIpc) is 3.59. The number of rotatable bonds is 14. The fourth-order valence-corrected chi connectivity index (χ4v) is 8.25. The van der Waals surface area contributed by atoms with Crippen LogP contribution in [0, 0.1) is 33.6 Å². The van der Waals surface area contributed by atoms with Crippen molar-refractivity contribution >= 4 is 57.0 Å². The van der Waals surface area contributed by atoms with Crippen molar-refractivity contribution in [2.24, 2.45) is 16.6 Å². The van der Waals surface area contributed by atoms with E-state index in [9.17, 15) is 27.9 Å². The first-order chi connectivity index (χ1) is 24.6. The number of nitrogens with zero attached hydrogens (tertiary/aromatic N) is 4. The van der Waals surface area contributed by atoms with E-state index in [1.165, 1.54) is 4.68 Å². The molecule has 1 unspecified atom stereocenters. The van der Waals surface area contributed by atoms with Gasteiger partial charge in [0.1, 0.15) is 29.3 Å². The van der Waals surface area contributed by atoms with Crippen molar-refractivity contribution in [3.05, 3.63) is 62.1 Å². The summed E-state index contributed by atoms with van der Waals surface area (Å²) in [6.07, 6.45) is 0.832. The summed E-state index contributed by atoms with van der Waals surface area (Å²) in [7, 11) is -4.14. The first-order valence-corrected chi connectivity index (χ1v) is 19.2. The summed E-state index contributed by atoms with van der Waals surface area (Å²) >= 11 is 12.3. The fourth-order valence-electron chi connectivity index (χ4n) is 6.21. The summed E-state index contributed by atoms with van der Waals surface area (Å²) in [6, 6.07) is 2.28. The topological polar surface area (TPSA) is 220 Å². The molecule has 0 aliphatic carbocycles. The van der Waals surface area contributed by atoms with Gasteiger partial charge in [-0.2, -0.15) is 0 Å². The number of aliphatic imine (C=N–C) groups is 1. The van der Waals surface area contributed by atoms with Gasteiger partial charge in [-0.3, -0.25) is 14.6 Å². The minimum Gasteiger partial charge on any atom is -0.487 e. The third kappa shape index (κ3) is 9.97. The number of carboxylic acids is 1. The normalized spacial score (nSPS) is 15.0. The maximum atomic E-state index is 13.6. The molecule has 0 saturated carbocycles. The Balaban J connectivity index is 1.50. The molecule has 0 spiro atoms. The van der Waals surface area contributed by atoms with Crippen LogP contribution in [-0.4, -0.2) is 76.3 Å². The van der Waals surface area contributed by atoms with Gasteiger partial charge >= 0.3 is 5.97 Å². The standard InChI is InChI=1S/C35H46Cl2N8O7S/c1-17(2)12-27(33(48)49)42-31(46)26(41-32(47)30-40-21(6)45(43-30)24-14-22(36)13-23(37)15-24)10-9-11-39-34(38)44-53(50,51)29-19(4)18(3)28-25(20(29)5)16-35(7,8)52-28/h13-15,17,26-27H,9-12,16H2,1-8H3,(H,41,47)(H,42,46)(H,48,49)(H3,38,39,44)/t26-,27?/m0/s1. The van der Waals surface area contributed by atoms with Crippen LogP contribution in [0.4, 0.5) is 0 Å². The Bertz CT molecular complexity index is 2040. The van der Waals surface area contributed by atoms with Gasteiger partial charge in [0.2, 0.25) is 17.7 Å². The molecule has 3 aromatic rings. The monoisotopic (exact) mass is 792 g/mol. The van der Waals surface area contributed by atoms with Crippen molar-refractivity contribution in [3.63, 3.8) is 0 Å². The fraction of sp³-hybridized carbons (Fsp3) is 0.486. The van der Waals surface area contributed by atoms with Crippen LogP contribution in [-0.2, 0) is 26.0 Å². The Morgan fingerprint density at radius 1 is 1.04 bits per heavy atom. The quantitative estimate of drug-likeness (QED) is 0.0885. The lowest BCUT2D eigenvalue weighted by atomic mass is 9.94. The number of aromatic nitrogens is 3. The second-order valence-electron chi connectivity index (χ2n) is 14.1. The summed E-state index contributed by atoms with van der Waals surface area (Å²) in [5, 5.41) is 19.8. The lowest BCUT2D eigenvalue weighted by Crippen LogP contribution is -2.52. The molecule has 18 heteroatoms. The number of nitrogens with two attached hydrogens (primary N) is 1. The number of fused-ring (bicyclic) bond motifs is 1. The number of guanidine groups is 1. The van der Waals surface area contributed by atoms with Crippen LogP contribution < -0.4 is 25.8 Å². The number of ether oxygens (including phenoxy) is 1. The Hall–Kier alpha value is -4.41. The zero-order chi connectivity index (χ0) is 39.6. The molecule has 288 valence electrons. The first-order valence-electron chi connectivity index (χ1n) is 17.0. The van der Waals surface area contributed by atoms with Crippen LogP contribution >= 0.6 is 23.2 Å². The maximum absolute atomic E-state index is 13.6. The number of halogens is 2. The number of hydrogen-bond acceptors (Lipinski definition) is 9. The van der Waals surface area contributed by atoms with Crippen molar-refractivity contribution < 1.29 is 32.6 Å². The van der Waals surface area contributed by atoms with Gasteiger partial charge in [-0.15, -0.1) is 5.10 Å². The molecular formula is C35H46Cl2N8O7S. The summed E-state index contributed by atoms with van der Waals surface area (Å²) in [6.45, 7) is 14.4. The molecule has 0 bridgehead atoms. The molecule has 2 aromatic carbocycles. The Kier molecular flexibility index (Phi) is 12.7. The number of carbonyl (C=O) groups excluding carboxylic acids is 2. The molecule has 4 rings (SSSR count). The van der Waals surface area contributed by atoms with Crippen LogP contribution in [0.25, 0.3) is 5.69 Å². The predicted octanol–water partition coefficient (Wildman–Crippen LogP) is 4.31. The van der Waals surface area contributed by atoms with E-state index in [0.717, 1.165) is 11.1 Å². The predicted molar refractivity (Wildman–Crippen MR) is 202 cm³/mol. The van der Waals surface area contributed by atoms with Gasteiger partial charge in [-0.05, 0) is 102 Å². The minimum atomic E-state index is -4.14. The number of benzene rings is 2. The molecule has 1 aromatic heterocycles. The van der Waals surface area contributed by atoms with Gasteiger partial charge < -0.3 is 26.2 Å². The molecule has 53 heavy (non-hydrogen) atoms. The molecule has 1 aliphatic rings. The van der Waals surface area contributed by atoms with Crippen LogP contribution in [0.15, 0.2) is 28.1 Å². The highest BCUT2D eigenvalue weighted by atomic mass is 35.5. The summed E-state index contributed by atoms with van der Waals surface area (Å²) in [5.41, 5.74) is 8.68. The van der Waals surface area contributed by atoms with Gasteiger partial charge in [0, 0.05) is 28.6 Å². The number of carbonyl (C=O) groups is 3. The molecular weight excluding hydrogens is 747 g/mol. The first kappa shape index (κ1) is 41.3. The number of aryl methyl sites for hydroxylation is 1. The van der Waals surface area contributed by atoms with E-state index >= 15 is 0 Å². The van der Waals surface area contributed by atoms with Gasteiger partial charge in [0.25, 0.3) is 15.9 Å². The number of sulfonamides is 1. The lowest BCUT2D eigenvalue weighted by Gasteiger charge is -2.22. The zero-order valence-electron chi connectivity index (χ0n) is 30.9. The van der Waals surface area contributed by atoms with E-state index in [1.54, 1.807) is 39.0 Å². The maximum Gasteiger partial charge on any atom is 0.326 e. The Morgan fingerprint density at radius 2 is 1.68 bits per heavy atom. The van der Waals surface area contributed by atoms with Crippen molar-refractivity contribution in [3.8, 4) is 11.4 Å². The minimum absolute atomic E-state index is 0.0171. The number of nitrogens with one attached hydrogen (secondary N) is 3. The smallest absolute Gasteiger partial charge is 0.326 e. The van der Waals surface area contributed by atoms with E-state index in [1.807, 2.05) is 34.6 Å². The highest BCUT2D eigenvalue weighted by Gasteiger charge is 2.37. The highest BCUT2D eigenvalue weighted by Crippen LogP contribution is 2.43. The second-order valence-corrected chi connectivity index (χ2v) is 16.6. The Morgan fingerprint density at radius 3 is 2.28 bits per heavy atom. The number of aliphatic carboxylic acids is 1. The van der Waals surface area contributed by atoms with Gasteiger partial charge in [0.05, 0.1) is 10.6 Å². The second kappa shape index (κ2) is 16.3. The number of hydrogen-bond donors (Lipinski definition) is 5.